The van der Waals surface area contributed by atoms with E-state index in [2.05, 4.69) is 0 Å². The number of allylic oxidation sites excluding steroid dienone is 6. The molecule has 0 fully saturated rings. The van der Waals surface area contributed by atoms with Crippen molar-refractivity contribution in [1.82, 2.24) is 0 Å². The molecule has 0 unspecified atom stereocenters. The molecule has 0 radical (unpaired) electrons. The minimum absolute atomic E-state index is 0. The third kappa shape index (κ3) is 27.7. The van der Waals surface area contributed by atoms with Crippen molar-refractivity contribution in [2.24, 2.45) is 0 Å². The third-order valence-electron chi connectivity index (χ3n) is 7.44. The molecule has 0 atom stereocenters. The van der Waals surface area contributed by atoms with E-state index in [4.69, 9.17) is 0 Å². The molecule has 6 aromatic carbocycles. The normalized spacial score (nSPS) is 9.84. The summed E-state index contributed by atoms with van der Waals surface area (Å²) in [4.78, 5) is 34.8. The first-order chi connectivity index (χ1) is 26.5. The first-order valence-corrected chi connectivity index (χ1v) is 17.5. The first kappa shape index (κ1) is 61.1. The number of carbonyl (C=O) groups is 3. The Bertz CT molecular complexity index is 1760. The van der Waals surface area contributed by atoms with Crippen molar-refractivity contribution in [1.29, 1.82) is 0 Å². The molecule has 0 saturated heterocycles. The predicted octanol–water partition coefficient (Wildman–Crippen LogP) is 15.8. The van der Waals surface area contributed by atoms with Crippen LogP contribution in [0.5, 0.6) is 0 Å². The van der Waals surface area contributed by atoms with E-state index in [-0.39, 0.29) is 83.0 Å². The SMILES string of the molecule is C.C.C.C.C.C.O=C(/C=C/c1ccccc1)/C=C/c1ccccc1.O=C(/C=C/c1ccccc1)/C=C/c1ccccc1.O=C(/C=C/c1ccccc1)/C=C/c1ccccc1.[Pt]. The molecule has 0 heterocycles. The van der Waals surface area contributed by atoms with Gasteiger partial charge in [0.2, 0.25) is 0 Å². The van der Waals surface area contributed by atoms with Crippen molar-refractivity contribution in [3.63, 3.8) is 0 Å². The molecule has 0 amide bonds. The van der Waals surface area contributed by atoms with Gasteiger partial charge >= 0.3 is 0 Å². The van der Waals surface area contributed by atoms with Gasteiger partial charge in [-0.2, -0.15) is 0 Å². The summed E-state index contributed by atoms with van der Waals surface area (Å²) >= 11 is 0. The molecule has 0 aromatic heterocycles. The third-order valence-corrected chi connectivity index (χ3v) is 7.44. The Balaban J connectivity index is -0.000000378. The van der Waals surface area contributed by atoms with Gasteiger partial charge in [0.1, 0.15) is 0 Å². The summed E-state index contributed by atoms with van der Waals surface area (Å²) in [6.45, 7) is 0. The molecule has 322 valence electrons. The number of benzene rings is 6. The van der Waals surface area contributed by atoms with Crippen LogP contribution in [-0.2, 0) is 35.4 Å². The number of rotatable bonds is 12. The van der Waals surface area contributed by atoms with Gasteiger partial charge in [-0.25, -0.2) is 0 Å². The van der Waals surface area contributed by atoms with Crippen molar-refractivity contribution in [2.75, 3.05) is 0 Å². The largest absolute Gasteiger partial charge is 0.290 e. The average molecular weight is 994 g/mol. The second kappa shape index (κ2) is 37.7. The summed E-state index contributed by atoms with van der Waals surface area (Å²) in [5, 5.41) is 0. The van der Waals surface area contributed by atoms with Crippen LogP contribution in [-0.4, -0.2) is 17.3 Å². The summed E-state index contributed by atoms with van der Waals surface area (Å²) < 4.78 is 0. The van der Waals surface area contributed by atoms with Gasteiger partial charge < -0.3 is 0 Å². The maximum absolute atomic E-state index is 11.6. The van der Waals surface area contributed by atoms with Crippen LogP contribution in [0.25, 0.3) is 36.5 Å². The molecule has 0 aliphatic carbocycles. The van der Waals surface area contributed by atoms with Crippen molar-refractivity contribution in [2.45, 2.75) is 44.6 Å². The first-order valence-electron chi connectivity index (χ1n) is 17.5. The van der Waals surface area contributed by atoms with Crippen molar-refractivity contribution in [3.8, 4) is 0 Å². The van der Waals surface area contributed by atoms with Crippen LogP contribution in [0.2, 0.25) is 0 Å². The van der Waals surface area contributed by atoms with Crippen LogP contribution >= 0.6 is 0 Å². The number of hydrogen-bond donors (Lipinski definition) is 0. The van der Waals surface area contributed by atoms with E-state index in [1.165, 1.54) is 0 Å². The molecular weight excluding hydrogens is 928 g/mol. The van der Waals surface area contributed by atoms with Crippen molar-refractivity contribution < 1.29 is 35.4 Å². The Hall–Kier alpha value is -6.54. The molecule has 0 bridgehead atoms. The fourth-order valence-electron chi connectivity index (χ4n) is 4.62. The monoisotopic (exact) mass is 993 g/mol. The second-order valence-electron chi connectivity index (χ2n) is 11.7. The fourth-order valence-corrected chi connectivity index (χ4v) is 4.62. The number of hydrogen-bond acceptors (Lipinski definition) is 3. The molecule has 6 aromatic rings. The molecule has 0 saturated carbocycles. The van der Waals surface area contributed by atoms with Gasteiger partial charge in [-0.3, -0.25) is 14.4 Å². The zero-order valence-electron chi connectivity index (χ0n) is 30.3. The van der Waals surface area contributed by atoms with E-state index in [1.807, 2.05) is 218 Å². The molecule has 0 N–H and O–H groups in total. The van der Waals surface area contributed by atoms with Crippen molar-refractivity contribution >= 4 is 53.8 Å². The van der Waals surface area contributed by atoms with Crippen LogP contribution in [0.3, 0.4) is 0 Å². The molecule has 3 nitrogen and oxygen atoms in total. The van der Waals surface area contributed by atoms with E-state index < -0.39 is 0 Å². The van der Waals surface area contributed by atoms with Crippen LogP contribution < -0.4 is 0 Å². The van der Waals surface area contributed by atoms with Gasteiger partial charge in [0.25, 0.3) is 0 Å². The quantitative estimate of drug-likeness (QED) is 0.115. The summed E-state index contributed by atoms with van der Waals surface area (Å²) in [6.07, 6.45) is 20.4. The second-order valence-corrected chi connectivity index (χ2v) is 11.7. The van der Waals surface area contributed by atoms with Gasteiger partial charge in [0, 0.05) is 21.1 Å². The van der Waals surface area contributed by atoms with E-state index in [0.29, 0.717) is 0 Å². The molecule has 0 aliphatic rings. The Kier molecular flexibility index (Phi) is 37.8. The summed E-state index contributed by atoms with van der Waals surface area (Å²) in [5.74, 6) is -0.0341. The number of carbonyl (C=O) groups excluding carboxylic acids is 3. The van der Waals surface area contributed by atoms with Gasteiger partial charge in [-0.05, 0) is 69.8 Å². The van der Waals surface area contributed by atoms with Gasteiger partial charge in [0.05, 0.1) is 0 Å². The molecule has 6 rings (SSSR count). The minimum atomic E-state index is -0.0114. The van der Waals surface area contributed by atoms with E-state index in [1.54, 1.807) is 36.5 Å². The van der Waals surface area contributed by atoms with Crippen molar-refractivity contribution in [3.05, 3.63) is 252 Å². The topological polar surface area (TPSA) is 51.2 Å². The van der Waals surface area contributed by atoms with Crippen LogP contribution in [0.1, 0.15) is 77.9 Å². The summed E-state index contributed by atoms with van der Waals surface area (Å²) in [5.41, 5.74) is 6.16. The molecule has 0 aliphatic heterocycles. The Morgan fingerprint density at radius 2 is 0.344 bits per heavy atom. The minimum Gasteiger partial charge on any atom is -0.290 e. The van der Waals surface area contributed by atoms with E-state index in [0.717, 1.165) is 33.4 Å². The van der Waals surface area contributed by atoms with E-state index >= 15 is 0 Å². The van der Waals surface area contributed by atoms with Gasteiger partial charge in [-0.15, -0.1) is 0 Å². The summed E-state index contributed by atoms with van der Waals surface area (Å²) in [6, 6.07) is 58.7. The molecule has 0 spiro atoms. The maximum atomic E-state index is 11.6. The predicted molar refractivity (Wildman–Crippen MR) is 268 cm³/mol. The smallest absolute Gasteiger partial charge is 0.178 e. The Morgan fingerprint density at radius 1 is 0.230 bits per heavy atom. The van der Waals surface area contributed by atoms with Crippen LogP contribution in [0, 0.1) is 0 Å². The maximum Gasteiger partial charge on any atom is 0.178 e. The molecular formula is C57H66O3Pt. The van der Waals surface area contributed by atoms with Crippen LogP contribution in [0.4, 0.5) is 0 Å². The fraction of sp³-hybridized carbons (Fsp3) is 0.105. The van der Waals surface area contributed by atoms with E-state index in [9.17, 15) is 14.4 Å². The molecule has 61 heavy (non-hydrogen) atoms. The number of ketones is 3. The van der Waals surface area contributed by atoms with Crippen LogP contribution in [0.15, 0.2) is 218 Å². The molecule has 4 heteroatoms. The standard InChI is InChI=1S/3C17H14O.6CH4.Pt/c3*18-17(13-11-15-7-3-1-4-8-15)14-12-16-9-5-2-6-10-16;;;;;;;/h3*1-14H;6*1H4;/b3*13-11+,14-12+;;;;;;;. The zero-order chi connectivity index (χ0) is 37.9. The summed E-state index contributed by atoms with van der Waals surface area (Å²) in [7, 11) is 0. The average Bonchev–Trinajstić information content (AvgIpc) is 3.24. The zero-order valence-corrected chi connectivity index (χ0v) is 32.6. The Labute approximate surface area is 383 Å². The Morgan fingerprint density at radius 3 is 0.459 bits per heavy atom. The van der Waals surface area contributed by atoms with Gasteiger partial charge in [-0.1, -0.05) is 263 Å². The van der Waals surface area contributed by atoms with Gasteiger partial charge in [0.15, 0.2) is 17.3 Å².